The number of carbonyl (C=O) groups excluding carboxylic acids is 1. The van der Waals surface area contributed by atoms with Crippen LogP contribution in [-0.4, -0.2) is 33.8 Å². The summed E-state index contributed by atoms with van der Waals surface area (Å²) < 4.78 is 7.21. The Kier molecular flexibility index (Phi) is 7.68. The highest BCUT2D eigenvalue weighted by Gasteiger charge is 2.07. The van der Waals surface area contributed by atoms with Crippen molar-refractivity contribution in [3.63, 3.8) is 0 Å². The quantitative estimate of drug-likeness (QED) is 0.483. The van der Waals surface area contributed by atoms with Crippen molar-refractivity contribution in [3.8, 4) is 5.75 Å². The Morgan fingerprint density at radius 3 is 2.77 bits per heavy atom. The van der Waals surface area contributed by atoms with E-state index in [1.54, 1.807) is 41.0 Å². The highest BCUT2D eigenvalue weighted by atomic mass is 35.5. The minimum Gasteiger partial charge on any atom is -0.492 e. The molecule has 0 fully saturated rings. The van der Waals surface area contributed by atoms with Gasteiger partial charge in [0.1, 0.15) is 12.4 Å². The van der Waals surface area contributed by atoms with E-state index in [1.165, 1.54) is 6.33 Å². The highest BCUT2D eigenvalue weighted by Crippen LogP contribution is 2.27. The topological polar surface area (TPSA) is 93.5 Å². The molecule has 0 atom stereocenters. The summed E-state index contributed by atoms with van der Waals surface area (Å²) in [5.74, 6) is 0.0167. The number of unbranched alkanes of at least 4 members (excludes halogenated alkanes) is 2. The number of nitrogens with one attached hydrogen (secondary N) is 1. The molecule has 7 nitrogen and oxygen atoms in total. The first-order valence-electron chi connectivity index (χ1n) is 9.45. The Bertz CT molecular complexity index is 1100. The SMILES string of the molecule is O=C(CO)Nc1ccc2ncn(CCCCCOc3cc(Cl)ccc3Cl)c(=O)c2c1. The average molecular weight is 450 g/mol. The van der Waals surface area contributed by atoms with Gasteiger partial charge in [0.05, 0.1) is 28.9 Å². The number of nitrogens with zero attached hydrogens (tertiary/aromatic N) is 2. The number of anilines is 1. The third-order valence-corrected chi connectivity index (χ3v) is 4.99. The molecule has 1 amide bonds. The molecule has 0 saturated heterocycles. The van der Waals surface area contributed by atoms with Gasteiger partial charge < -0.3 is 15.2 Å². The monoisotopic (exact) mass is 449 g/mol. The summed E-state index contributed by atoms with van der Waals surface area (Å²) in [6.07, 6.45) is 3.96. The smallest absolute Gasteiger partial charge is 0.261 e. The van der Waals surface area contributed by atoms with Gasteiger partial charge >= 0.3 is 0 Å². The molecule has 0 unspecified atom stereocenters. The molecular formula is C21H21Cl2N3O4. The molecule has 158 valence electrons. The molecule has 9 heteroatoms. The number of aromatic nitrogens is 2. The van der Waals surface area contributed by atoms with Gasteiger partial charge in [0.15, 0.2) is 0 Å². The average Bonchev–Trinajstić information content (AvgIpc) is 2.74. The van der Waals surface area contributed by atoms with Crippen LogP contribution in [0.2, 0.25) is 10.0 Å². The molecule has 0 bridgehead atoms. The first kappa shape index (κ1) is 22.1. The number of carbonyl (C=O) groups is 1. The van der Waals surface area contributed by atoms with E-state index in [-0.39, 0.29) is 5.56 Å². The number of aryl methyl sites for hydroxylation is 1. The molecule has 1 aromatic heterocycles. The van der Waals surface area contributed by atoms with Gasteiger partial charge in [0.25, 0.3) is 5.56 Å². The maximum Gasteiger partial charge on any atom is 0.261 e. The highest BCUT2D eigenvalue weighted by molar-refractivity contribution is 6.34. The van der Waals surface area contributed by atoms with E-state index in [1.807, 2.05) is 0 Å². The van der Waals surface area contributed by atoms with Crippen LogP contribution in [0.1, 0.15) is 19.3 Å². The van der Waals surface area contributed by atoms with Crippen molar-refractivity contribution in [1.29, 1.82) is 0 Å². The molecule has 3 rings (SSSR count). The van der Waals surface area contributed by atoms with Crippen LogP contribution in [0.15, 0.2) is 47.5 Å². The number of rotatable bonds is 9. The van der Waals surface area contributed by atoms with Crippen LogP contribution in [0.5, 0.6) is 5.75 Å². The minimum absolute atomic E-state index is 0.179. The molecule has 2 aromatic carbocycles. The Balaban J connectivity index is 1.54. The number of hydrogen-bond donors (Lipinski definition) is 2. The van der Waals surface area contributed by atoms with Crippen LogP contribution in [0.25, 0.3) is 10.9 Å². The van der Waals surface area contributed by atoms with Gasteiger partial charge in [0.2, 0.25) is 5.91 Å². The lowest BCUT2D eigenvalue weighted by Gasteiger charge is -2.10. The van der Waals surface area contributed by atoms with Crippen molar-refractivity contribution in [1.82, 2.24) is 9.55 Å². The zero-order valence-electron chi connectivity index (χ0n) is 16.1. The molecule has 3 aromatic rings. The maximum atomic E-state index is 12.7. The number of aliphatic hydroxyl groups is 1. The maximum absolute atomic E-state index is 12.7. The number of hydrogen-bond acceptors (Lipinski definition) is 5. The summed E-state index contributed by atoms with van der Waals surface area (Å²) in [6, 6.07) is 9.94. The van der Waals surface area contributed by atoms with Gasteiger partial charge in [-0.15, -0.1) is 0 Å². The van der Waals surface area contributed by atoms with Crippen molar-refractivity contribution in [2.24, 2.45) is 0 Å². The molecule has 2 N–H and O–H groups in total. The van der Waals surface area contributed by atoms with Crippen LogP contribution in [-0.2, 0) is 11.3 Å². The summed E-state index contributed by atoms with van der Waals surface area (Å²) in [5.41, 5.74) is 0.808. The van der Waals surface area contributed by atoms with E-state index >= 15 is 0 Å². The lowest BCUT2D eigenvalue weighted by atomic mass is 10.2. The minimum atomic E-state index is -0.622. The van der Waals surface area contributed by atoms with Crippen LogP contribution >= 0.6 is 23.2 Å². The third-order valence-electron chi connectivity index (χ3n) is 4.45. The molecule has 0 radical (unpaired) electrons. The molecular weight excluding hydrogens is 429 g/mol. The lowest BCUT2D eigenvalue weighted by molar-refractivity contribution is -0.118. The van der Waals surface area contributed by atoms with Crippen molar-refractivity contribution >= 4 is 45.7 Å². The second-order valence-corrected chi connectivity index (χ2v) is 7.51. The fraction of sp³-hybridized carbons (Fsp3) is 0.286. The van der Waals surface area contributed by atoms with Gasteiger partial charge in [-0.1, -0.05) is 23.2 Å². The van der Waals surface area contributed by atoms with Gasteiger partial charge in [0, 0.05) is 23.3 Å². The van der Waals surface area contributed by atoms with E-state index in [0.717, 1.165) is 19.3 Å². The van der Waals surface area contributed by atoms with Crippen molar-refractivity contribution in [3.05, 3.63) is 63.1 Å². The van der Waals surface area contributed by atoms with Crippen LogP contribution in [0, 0.1) is 0 Å². The summed E-state index contributed by atoms with van der Waals surface area (Å²) >= 11 is 12.0. The van der Waals surface area contributed by atoms with Crippen molar-refractivity contribution < 1.29 is 14.6 Å². The summed E-state index contributed by atoms with van der Waals surface area (Å²) in [4.78, 5) is 28.4. The molecule has 0 saturated carbocycles. The molecule has 1 heterocycles. The molecule has 30 heavy (non-hydrogen) atoms. The Hall–Kier alpha value is -2.61. The number of halogens is 2. The number of fused-ring (bicyclic) bond motifs is 1. The van der Waals surface area contributed by atoms with Crippen molar-refractivity contribution in [2.75, 3.05) is 18.5 Å². The van der Waals surface area contributed by atoms with E-state index in [0.29, 0.717) is 45.5 Å². The van der Waals surface area contributed by atoms with Crippen LogP contribution < -0.4 is 15.6 Å². The molecule has 0 aliphatic rings. The predicted octanol–water partition coefficient (Wildman–Crippen LogP) is 3.88. The first-order valence-corrected chi connectivity index (χ1v) is 10.2. The molecule has 0 aliphatic carbocycles. The lowest BCUT2D eigenvalue weighted by Crippen LogP contribution is -2.21. The van der Waals surface area contributed by atoms with Gasteiger partial charge in [-0.05, 0) is 49.6 Å². The van der Waals surface area contributed by atoms with Gasteiger partial charge in [-0.25, -0.2) is 4.98 Å². The largest absolute Gasteiger partial charge is 0.492 e. The van der Waals surface area contributed by atoms with E-state index in [4.69, 9.17) is 33.0 Å². The number of benzene rings is 2. The third kappa shape index (κ3) is 5.72. The zero-order chi connectivity index (χ0) is 21.5. The summed E-state index contributed by atoms with van der Waals surface area (Å²) in [5, 5.41) is 12.9. The number of amides is 1. The van der Waals surface area contributed by atoms with Gasteiger partial charge in [-0.3, -0.25) is 14.2 Å². The van der Waals surface area contributed by atoms with Crippen molar-refractivity contribution in [2.45, 2.75) is 25.8 Å². The fourth-order valence-electron chi connectivity index (χ4n) is 2.93. The Morgan fingerprint density at radius 2 is 1.97 bits per heavy atom. The molecule has 0 spiro atoms. The first-order chi connectivity index (χ1) is 14.5. The number of aliphatic hydroxyl groups excluding tert-OH is 1. The second-order valence-electron chi connectivity index (χ2n) is 6.67. The standard InChI is InChI=1S/C21H21Cl2N3O4/c22-14-4-6-17(23)19(10-14)30-9-3-1-2-8-26-13-24-18-7-5-15(25-20(28)12-27)11-16(18)21(26)29/h4-7,10-11,13,27H,1-3,8-9,12H2,(H,25,28). The zero-order valence-corrected chi connectivity index (χ0v) is 17.6. The normalized spacial score (nSPS) is 10.9. The van der Waals surface area contributed by atoms with Crippen LogP contribution in [0.4, 0.5) is 5.69 Å². The number of ether oxygens (including phenoxy) is 1. The summed E-state index contributed by atoms with van der Waals surface area (Å²) in [6.45, 7) is 0.397. The van der Waals surface area contributed by atoms with Crippen LogP contribution in [0.3, 0.4) is 0 Å². The fourth-order valence-corrected chi connectivity index (χ4v) is 3.26. The predicted molar refractivity (Wildman–Crippen MR) is 118 cm³/mol. The van der Waals surface area contributed by atoms with Gasteiger partial charge in [-0.2, -0.15) is 0 Å². The second kappa shape index (κ2) is 10.4. The van der Waals surface area contributed by atoms with E-state index < -0.39 is 12.5 Å². The Labute approximate surface area is 183 Å². The van der Waals surface area contributed by atoms with E-state index in [2.05, 4.69) is 10.3 Å². The Morgan fingerprint density at radius 1 is 1.13 bits per heavy atom. The molecule has 0 aliphatic heterocycles. The van der Waals surface area contributed by atoms with E-state index in [9.17, 15) is 9.59 Å². The summed E-state index contributed by atoms with van der Waals surface area (Å²) in [7, 11) is 0.